The first kappa shape index (κ1) is 27.7. The number of urea groups is 1. The molecule has 38 heavy (non-hydrogen) atoms. The van der Waals surface area contributed by atoms with Gasteiger partial charge in [-0.15, -0.1) is 0 Å². The number of imidazole rings is 1. The predicted octanol–water partition coefficient (Wildman–Crippen LogP) is 1.64. The zero-order valence-corrected chi connectivity index (χ0v) is 22.5. The average Bonchev–Trinajstić information content (AvgIpc) is 3.41. The van der Waals surface area contributed by atoms with Crippen LogP contribution in [0, 0.1) is 0 Å². The largest absolute Gasteiger partial charge is 0.385 e. The van der Waals surface area contributed by atoms with Gasteiger partial charge in [0.25, 0.3) is 0 Å². The molecule has 3 heterocycles. The van der Waals surface area contributed by atoms with Gasteiger partial charge in [-0.2, -0.15) is 0 Å². The maximum absolute atomic E-state index is 12.4. The first-order valence-electron chi connectivity index (χ1n) is 12.8. The Hall–Kier alpha value is -3.32. The SMILES string of the molecule is CC(C)N(CCNC(=O)Nc1ccc(C(C)(C)C)cc1)C[C@H]1OC[C@](O)(n2cnc3c(N)ncnc32)[C@@H]1O. The van der Waals surface area contributed by atoms with E-state index in [2.05, 4.69) is 51.3 Å². The lowest BCUT2D eigenvalue weighted by Gasteiger charge is -2.32. The summed E-state index contributed by atoms with van der Waals surface area (Å²) in [6, 6.07) is 7.62. The minimum Gasteiger partial charge on any atom is -0.385 e. The van der Waals surface area contributed by atoms with Crippen LogP contribution in [-0.2, 0) is 15.9 Å². The second kappa shape index (κ2) is 10.8. The summed E-state index contributed by atoms with van der Waals surface area (Å²) in [5.41, 5.74) is 6.71. The minimum atomic E-state index is -1.76. The fraction of sp³-hybridized carbons (Fsp3) is 0.538. The van der Waals surface area contributed by atoms with Crippen LogP contribution < -0.4 is 16.4 Å². The summed E-state index contributed by atoms with van der Waals surface area (Å²) in [4.78, 5) is 26.8. The quantitative estimate of drug-likeness (QED) is 0.293. The second-order valence-electron chi connectivity index (χ2n) is 11.0. The van der Waals surface area contributed by atoms with E-state index in [4.69, 9.17) is 10.5 Å². The molecular formula is C26H38N8O4. The lowest BCUT2D eigenvalue weighted by Crippen LogP contribution is -2.50. The van der Waals surface area contributed by atoms with Crippen molar-refractivity contribution in [2.24, 2.45) is 0 Å². The number of benzene rings is 1. The zero-order valence-electron chi connectivity index (χ0n) is 22.5. The van der Waals surface area contributed by atoms with Gasteiger partial charge in [-0.1, -0.05) is 32.9 Å². The number of nitrogens with zero attached hydrogens (tertiary/aromatic N) is 5. The number of nitrogens with one attached hydrogen (secondary N) is 2. The highest BCUT2D eigenvalue weighted by molar-refractivity contribution is 5.89. The fourth-order valence-electron chi connectivity index (χ4n) is 4.54. The molecule has 206 valence electrons. The number of hydrogen-bond acceptors (Lipinski definition) is 9. The Labute approximate surface area is 222 Å². The highest BCUT2D eigenvalue weighted by Gasteiger charge is 2.50. The van der Waals surface area contributed by atoms with Crippen LogP contribution in [0.4, 0.5) is 16.3 Å². The highest BCUT2D eigenvalue weighted by Crippen LogP contribution is 2.33. The van der Waals surface area contributed by atoms with Crippen molar-refractivity contribution in [2.45, 2.75) is 64.0 Å². The molecule has 3 atom stereocenters. The van der Waals surface area contributed by atoms with Crippen LogP contribution >= 0.6 is 0 Å². The molecular weight excluding hydrogens is 488 g/mol. The van der Waals surface area contributed by atoms with Gasteiger partial charge in [0.05, 0.1) is 12.9 Å². The number of aliphatic hydroxyl groups excluding tert-OH is 1. The van der Waals surface area contributed by atoms with Crippen LogP contribution in [0.5, 0.6) is 0 Å². The van der Waals surface area contributed by atoms with Crippen molar-refractivity contribution < 1.29 is 19.7 Å². The Bertz CT molecular complexity index is 1260. The van der Waals surface area contributed by atoms with Crippen molar-refractivity contribution >= 4 is 28.7 Å². The number of nitrogen functional groups attached to an aromatic ring is 1. The third-order valence-electron chi connectivity index (χ3n) is 6.95. The Balaban J connectivity index is 1.32. The van der Waals surface area contributed by atoms with Crippen molar-refractivity contribution in [1.29, 1.82) is 0 Å². The number of hydrogen-bond donors (Lipinski definition) is 5. The monoisotopic (exact) mass is 526 g/mol. The maximum atomic E-state index is 12.4. The van der Waals surface area contributed by atoms with Crippen LogP contribution in [0.3, 0.4) is 0 Å². The molecule has 4 rings (SSSR count). The van der Waals surface area contributed by atoms with Crippen LogP contribution in [0.25, 0.3) is 11.2 Å². The number of nitrogens with two attached hydrogens (primary N) is 1. The number of aromatic nitrogens is 4. The topological polar surface area (TPSA) is 164 Å². The number of ether oxygens (including phenoxy) is 1. The van der Waals surface area contributed by atoms with E-state index >= 15 is 0 Å². The molecule has 12 heteroatoms. The van der Waals surface area contributed by atoms with E-state index in [0.29, 0.717) is 30.8 Å². The Kier molecular flexibility index (Phi) is 7.88. The van der Waals surface area contributed by atoms with E-state index in [1.165, 1.54) is 22.8 Å². The smallest absolute Gasteiger partial charge is 0.319 e. The van der Waals surface area contributed by atoms with E-state index in [-0.39, 0.29) is 29.9 Å². The molecule has 0 aliphatic carbocycles. The van der Waals surface area contributed by atoms with Gasteiger partial charge < -0.3 is 31.3 Å². The predicted molar refractivity (Wildman–Crippen MR) is 145 cm³/mol. The molecule has 1 saturated heterocycles. The second-order valence-corrected chi connectivity index (χ2v) is 11.0. The Morgan fingerprint density at radius 3 is 2.63 bits per heavy atom. The van der Waals surface area contributed by atoms with Crippen molar-refractivity contribution in [2.75, 3.05) is 37.3 Å². The van der Waals surface area contributed by atoms with Crippen LogP contribution in [0.15, 0.2) is 36.9 Å². The summed E-state index contributed by atoms with van der Waals surface area (Å²) in [5, 5.41) is 28.2. The summed E-state index contributed by atoms with van der Waals surface area (Å²) in [6.07, 6.45) is 0.743. The van der Waals surface area contributed by atoms with Gasteiger partial charge in [0.2, 0.25) is 0 Å². The van der Waals surface area contributed by atoms with E-state index in [9.17, 15) is 15.0 Å². The molecule has 1 aliphatic rings. The maximum Gasteiger partial charge on any atom is 0.319 e. The Morgan fingerprint density at radius 1 is 1.26 bits per heavy atom. The van der Waals surface area contributed by atoms with Gasteiger partial charge in [0.15, 0.2) is 17.2 Å². The average molecular weight is 527 g/mol. The number of fused-ring (bicyclic) bond motifs is 1. The van der Waals surface area contributed by atoms with E-state index in [1.807, 2.05) is 38.1 Å². The number of carbonyl (C=O) groups is 1. The van der Waals surface area contributed by atoms with Crippen molar-refractivity contribution in [3.05, 3.63) is 42.5 Å². The molecule has 0 radical (unpaired) electrons. The number of aliphatic hydroxyl groups is 2. The lowest BCUT2D eigenvalue weighted by molar-refractivity contribution is -0.109. The molecule has 2 aromatic heterocycles. The van der Waals surface area contributed by atoms with Gasteiger partial charge in [-0.25, -0.2) is 19.7 Å². The van der Waals surface area contributed by atoms with Gasteiger partial charge in [0, 0.05) is 31.4 Å². The van der Waals surface area contributed by atoms with Gasteiger partial charge in [0.1, 0.15) is 24.1 Å². The molecule has 0 bridgehead atoms. The normalized spacial score (nSPS) is 21.9. The minimum absolute atomic E-state index is 0.0440. The summed E-state index contributed by atoms with van der Waals surface area (Å²) in [5.74, 6) is 0.187. The van der Waals surface area contributed by atoms with E-state index in [1.54, 1.807) is 0 Å². The third-order valence-corrected chi connectivity index (χ3v) is 6.95. The van der Waals surface area contributed by atoms with Crippen LogP contribution in [-0.4, -0.2) is 85.2 Å². The first-order chi connectivity index (χ1) is 17.9. The molecule has 3 aromatic rings. The number of anilines is 2. The molecule has 1 fully saturated rings. The standard InChI is InChI=1S/C26H38N8O4/c1-16(2)33(11-10-28-24(36)32-18-8-6-17(7-9-18)25(3,4)5)12-19-21(35)26(37,13-38-19)34-15-31-20-22(27)29-14-30-23(20)34/h6-9,14-16,19,21,35,37H,10-13H2,1-5H3,(H2,27,29,30)(H2,28,32,36)/t19-,21-,26-/m1/s1. The molecule has 1 aromatic carbocycles. The molecule has 6 N–H and O–H groups in total. The van der Waals surface area contributed by atoms with Crippen molar-refractivity contribution in [3.8, 4) is 0 Å². The number of rotatable bonds is 8. The Morgan fingerprint density at radius 2 is 1.97 bits per heavy atom. The van der Waals surface area contributed by atoms with Crippen molar-refractivity contribution in [1.82, 2.24) is 29.7 Å². The third kappa shape index (κ3) is 5.73. The summed E-state index contributed by atoms with van der Waals surface area (Å²) in [7, 11) is 0. The highest BCUT2D eigenvalue weighted by atomic mass is 16.5. The number of amides is 2. The first-order valence-corrected chi connectivity index (χ1v) is 12.8. The van der Waals surface area contributed by atoms with Gasteiger partial charge in [-0.05, 0) is 37.0 Å². The molecule has 2 amide bonds. The van der Waals surface area contributed by atoms with Crippen LogP contribution in [0.1, 0.15) is 40.2 Å². The fourth-order valence-corrected chi connectivity index (χ4v) is 4.54. The number of carbonyl (C=O) groups excluding carboxylic acids is 1. The van der Waals surface area contributed by atoms with E-state index in [0.717, 1.165) is 5.69 Å². The summed E-state index contributed by atoms with van der Waals surface area (Å²) >= 11 is 0. The van der Waals surface area contributed by atoms with Gasteiger partial charge in [-0.3, -0.25) is 9.47 Å². The lowest BCUT2D eigenvalue weighted by atomic mass is 9.87. The molecule has 0 unspecified atom stereocenters. The zero-order chi connectivity index (χ0) is 27.7. The summed E-state index contributed by atoms with van der Waals surface area (Å²) in [6.45, 7) is 11.6. The van der Waals surface area contributed by atoms with Crippen LogP contribution in [0.2, 0.25) is 0 Å². The van der Waals surface area contributed by atoms with Gasteiger partial charge >= 0.3 is 6.03 Å². The summed E-state index contributed by atoms with van der Waals surface area (Å²) < 4.78 is 7.22. The molecule has 1 aliphatic heterocycles. The van der Waals surface area contributed by atoms with Crippen molar-refractivity contribution in [3.63, 3.8) is 0 Å². The molecule has 0 spiro atoms. The van der Waals surface area contributed by atoms with E-state index < -0.39 is 17.9 Å². The molecule has 0 saturated carbocycles. The molecule has 12 nitrogen and oxygen atoms in total.